The third-order valence-corrected chi connectivity index (χ3v) is 7.80. The predicted molar refractivity (Wildman–Crippen MR) is 150 cm³/mol. The Bertz CT molecular complexity index is 1560. The molecule has 0 aliphatic rings. The minimum absolute atomic E-state index is 0. The number of methoxy groups -OCH3 is 2. The summed E-state index contributed by atoms with van der Waals surface area (Å²) in [6.07, 6.45) is 1.42. The Balaban J connectivity index is 0.00000420. The lowest BCUT2D eigenvalue weighted by molar-refractivity contribution is 0.0707. The Labute approximate surface area is 233 Å². The number of carbonyl (C=O) groups excluding carboxylic acids is 1. The minimum Gasteiger partial charge on any atom is -0.497 e. The lowest BCUT2D eigenvalue weighted by Crippen LogP contribution is -2.21. The molecule has 0 saturated heterocycles. The van der Waals surface area contributed by atoms with Crippen LogP contribution < -0.4 is 20.3 Å². The summed E-state index contributed by atoms with van der Waals surface area (Å²) in [6, 6.07) is 20.3. The van der Waals surface area contributed by atoms with Crippen LogP contribution in [0.3, 0.4) is 0 Å². The molecule has 0 bridgehead atoms. The van der Waals surface area contributed by atoms with Crippen LogP contribution in [0.1, 0.15) is 21.5 Å². The van der Waals surface area contributed by atoms with Crippen LogP contribution in [0.15, 0.2) is 88.9 Å². The number of nitrogens with zero attached hydrogens (tertiary/aromatic N) is 1. The molecule has 204 valence electrons. The van der Waals surface area contributed by atoms with E-state index in [1.807, 2.05) is 37.3 Å². The molecule has 0 unspecified atom stereocenters. The Morgan fingerprint density at radius 2 is 1.54 bits per heavy atom. The van der Waals surface area contributed by atoms with Crippen molar-refractivity contribution in [2.45, 2.75) is 23.4 Å². The Hall–Kier alpha value is -4.12. The van der Waals surface area contributed by atoms with Gasteiger partial charge in [0, 0.05) is 18.3 Å². The predicted octanol–water partition coefficient (Wildman–Crippen LogP) is 5.06. The third-order valence-electron chi connectivity index (χ3n) is 6.03. The zero-order chi connectivity index (χ0) is 27.3. The van der Waals surface area contributed by atoms with Crippen molar-refractivity contribution in [3.63, 3.8) is 0 Å². The minimum atomic E-state index is -3.92. The van der Waals surface area contributed by atoms with Crippen molar-refractivity contribution in [1.82, 2.24) is 10.5 Å². The molecule has 39 heavy (non-hydrogen) atoms. The number of ether oxygens (including phenoxy) is 2. The van der Waals surface area contributed by atoms with Gasteiger partial charge in [0.05, 0.1) is 30.4 Å². The summed E-state index contributed by atoms with van der Waals surface area (Å²) in [7, 11) is -0.840. The van der Waals surface area contributed by atoms with Gasteiger partial charge in [0.25, 0.3) is 5.91 Å². The van der Waals surface area contributed by atoms with Crippen molar-refractivity contribution in [2.75, 3.05) is 19.5 Å². The Morgan fingerprint density at radius 3 is 2.13 bits per heavy atom. The van der Waals surface area contributed by atoms with Crippen LogP contribution in [0.4, 0.5) is 5.69 Å². The number of hydrogen-bond acceptors (Lipinski definition) is 8. The van der Waals surface area contributed by atoms with E-state index in [0.717, 1.165) is 16.7 Å². The number of carbonyl (C=O) groups is 1. The number of amides is 1. The number of hydrogen-bond donors (Lipinski definition) is 3. The van der Waals surface area contributed by atoms with E-state index in [1.54, 1.807) is 42.9 Å². The monoisotopic (exact) mass is 569 g/mol. The third kappa shape index (κ3) is 6.31. The maximum absolute atomic E-state index is 13.4. The highest BCUT2D eigenvalue weighted by atomic mass is 35.5. The average molecular weight is 570 g/mol. The van der Waals surface area contributed by atoms with Gasteiger partial charge in [-0.3, -0.25) is 10.0 Å². The maximum atomic E-state index is 13.4. The number of hydroxylamine groups is 1. The van der Waals surface area contributed by atoms with Crippen LogP contribution in [-0.2, 0) is 16.4 Å². The van der Waals surface area contributed by atoms with E-state index in [2.05, 4.69) is 10.3 Å². The van der Waals surface area contributed by atoms with Crippen molar-refractivity contribution in [1.29, 1.82) is 0 Å². The van der Waals surface area contributed by atoms with Crippen molar-refractivity contribution in [2.24, 2.45) is 0 Å². The number of aromatic nitrogens is 1. The Morgan fingerprint density at radius 1 is 0.923 bits per heavy atom. The molecule has 11 heteroatoms. The standard InChI is InChI=1S/C28H27N3O6S.ClH/c1-18-15-21(19-6-8-22(36-2)9-7-19)16-25(27(32)31-33)26(18)30-17-20-5-4-14-29-28(20)38(34,35)24-12-10-23(37-3)11-13-24;/h4-16,30,33H,17H2,1-3H3,(H,31,32);1H. The van der Waals surface area contributed by atoms with Gasteiger partial charge in [-0.1, -0.05) is 18.2 Å². The van der Waals surface area contributed by atoms with Gasteiger partial charge >= 0.3 is 0 Å². The van der Waals surface area contributed by atoms with Crippen LogP contribution in [0.25, 0.3) is 11.1 Å². The molecule has 0 atom stereocenters. The van der Waals surface area contributed by atoms with Crippen molar-refractivity contribution in [3.8, 4) is 22.6 Å². The fourth-order valence-electron chi connectivity index (χ4n) is 4.06. The van der Waals surface area contributed by atoms with E-state index in [-0.39, 0.29) is 34.4 Å². The smallest absolute Gasteiger partial charge is 0.276 e. The Kier molecular flexibility index (Phi) is 9.52. The molecule has 0 radical (unpaired) electrons. The molecule has 0 aliphatic heterocycles. The van der Waals surface area contributed by atoms with Gasteiger partial charge in [-0.05, 0) is 78.2 Å². The summed E-state index contributed by atoms with van der Waals surface area (Å²) < 4.78 is 37.1. The summed E-state index contributed by atoms with van der Waals surface area (Å²) >= 11 is 0. The van der Waals surface area contributed by atoms with E-state index in [0.29, 0.717) is 22.7 Å². The van der Waals surface area contributed by atoms with Gasteiger partial charge in [0.15, 0.2) is 5.03 Å². The first kappa shape index (κ1) is 29.4. The number of aryl methyl sites for hydroxylation is 1. The van der Waals surface area contributed by atoms with E-state index < -0.39 is 15.7 Å². The van der Waals surface area contributed by atoms with Crippen LogP contribution >= 0.6 is 12.4 Å². The molecular formula is C28H28ClN3O6S. The number of sulfone groups is 1. The highest BCUT2D eigenvalue weighted by molar-refractivity contribution is 7.91. The zero-order valence-corrected chi connectivity index (χ0v) is 23.1. The molecule has 3 N–H and O–H groups in total. The summed E-state index contributed by atoms with van der Waals surface area (Å²) in [6.45, 7) is 1.88. The van der Waals surface area contributed by atoms with E-state index >= 15 is 0 Å². The maximum Gasteiger partial charge on any atom is 0.276 e. The molecule has 0 fully saturated rings. The molecule has 0 spiro atoms. The van der Waals surface area contributed by atoms with E-state index in [4.69, 9.17) is 9.47 Å². The molecule has 4 rings (SSSR count). The van der Waals surface area contributed by atoms with Gasteiger partial charge < -0.3 is 14.8 Å². The van der Waals surface area contributed by atoms with Gasteiger partial charge in [0.2, 0.25) is 9.84 Å². The number of anilines is 1. The summed E-state index contributed by atoms with van der Waals surface area (Å²) in [5, 5.41) is 12.5. The van der Waals surface area contributed by atoms with Crippen molar-refractivity contribution < 1.29 is 27.9 Å². The second-order valence-electron chi connectivity index (χ2n) is 8.39. The van der Waals surface area contributed by atoms with Gasteiger partial charge in [-0.25, -0.2) is 18.9 Å². The first-order valence-electron chi connectivity index (χ1n) is 11.6. The zero-order valence-electron chi connectivity index (χ0n) is 21.5. The van der Waals surface area contributed by atoms with Crippen LogP contribution in [0.2, 0.25) is 0 Å². The van der Waals surface area contributed by atoms with Gasteiger partial charge in [-0.2, -0.15) is 0 Å². The van der Waals surface area contributed by atoms with Crippen LogP contribution in [0.5, 0.6) is 11.5 Å². The molecule has 3 aromatic carbocycles. The van der Waals surface area contributed by atoms with Crippen molar-refractivity contribution >= 4 is 33.8 Å². The second-order valence-corrected chi connectivity index (χ2v) is 10.3. The SMILES string of the molecule is COc1ccc(-c2cc(C)c(NCc3cccnc3S(=O)(=O)c3ccc(OC)cc3)c(C(=O)NO)c2)cc1.Cl. The average Bonchev–Trinajstić information content (AvgIpc) is 2.96. The second kappa shape index (κ2) is 12.6. The number of benzene rings is 3. The number of pyridine rings is 1. The fraction of sp³-hybridized carbons (Fsp3) is 0.143. The largest absolute Gasteiger partial charge is 0.497 e. The first-order valence-corrected chi connectivity index (χ1v) is 13.1. The molecule has 1 aromatic heterocycles. The molecule has 1 amide bonds. The van der Waals surface area contributed by atoms with Crippen molar-refractivity contribution in [3.05, 3.63) is 95.7 Å². The lowest BCUT2D eigenvalue weighted by atomic mass is 9.97. The quantitative estimate of drug-likeness (QED) is 0.189. The van der Waals surface area contributed by atoms with Gasteiger partial charge in [-0.15, -0.1) is 12.4 Å². The number of nitrogens with one attached hydrogen (secondary N) is 2. The molecular weight excluding hydrogens is 542 g/mol. The highest BCUT2D eigenvalue weighted by Crippen LogP contribution is 2.31. The number of rotatable bonds is 9. The lowest BCUT2D eigenvalue weighted by Gasteiger charge is -2.17. The normalized spacial score (nSPS) is 10.8. The van der Waals surface area contributed by atoms with Crippen LogP contribution in [-0.4, -0.2) is 38.7 Å². The molecule has 4 aromatic rings. The number of halogens is 1. The van der Waals surface area contributed by atoms with E-state index in [9.17, 15) is 18.4 Å². The fourth-order valence-corrected chi connectivity index (χ4v) is 5.46. The highest BCUT2D eigenvalue weighted by Gasteiger charge is 2.23. The molecule has 1 heterocycles. The summed E-state index contributed by atoms with van der Waals surface area (Å²) in [5.41, 5.74) is 5.09. The van der Waals surface area contributed by atoms with Crippen LogP contribution in [0, 0.1) is 6.92 Å². The molecule has 0 aliphatic carbocycles. The molecule has 9 nitrogen and oxygen atoms in total. The summed E-state index contributed by atoms with van der Waals surface area (Å²) in [5.74, 6) is 0.535. The topological polar surface area (TPSA) is 127 Å². The first-order chi connectivity index (χ1) is 18.3. The molecule has 0 saturated carbocycles. The summed E-state index contributed by atoms with van der Waals surface area (Å²) in [4.78, 5) is 16.8. The van der Waals surface area contributed by atoms with E-state index in [1.165, 1.54) is 25.4 Å². The van der Waals surface area contributed by atoms with Gasteiger partial charge in [0.1, 0.15) is 11.5 Å².